The normalized spacial score (nSPS) is 12.0. The van der Waals surface area contributed by atoms with Crippen molar-refractivity contribution in [2.45, 2.75) is 38.8 Å². The van der Waals surface area contributed by atoms with Gasteiger partial charge in [0.05, 0.1) is 24.7 Å². The van der Waals surface area contributed by atoms with E-state index in [-0.39, 0.29) is 30.7 Å². The first-order chi connectivity index (χ1) is 17.9. The Labute approximate surface area is 220 Å². The number of nitrogens with one attached hydrogen (secondary N) is 2. The number of rotatable bonds is 10. The van der Waals surface area contributed by atoms with Crippen molar-refractivity contribution in [3.05, 3.63) is 46.2 Å². The van der Waals surface area contributed by atoms with Crippen LogP contribution in [0.1, 0.15) is 42.1 Å². The highest BCUT2D eigenvalue weighted by Gasteiger charge is 2.22. The number of carbonyl (C=O) groups excluding carboxylic acids is 1. The second-order valence-corrected chi connectivity index (χ2v) is 9.03. The van der Waals surface area contributed by atoms with Crippen LogP contribution in [0.25, 0.3) is 21.9 Å². The third-order valence-corrected chi connectivity index (χ3v) is 6.34. The molecule has 3 heterocycles. The average molecular weight is 572 g/mol. The lowest BCUT2D eigenvalue weighted by molar-refractivity contribution is 0.0699. The van der Waals surface area contributed by atoms with Gasteiger partial charge in [0, 0.05) is 24.2 Å². The third-order valence-electron chi connectivity index (χ3n) is 5.80. The van der Waals surface area contributed by atoms with Gasteiger partial charge in [0.1, 0.15) is 11.0 Å². The molecule has 3 aromatic heterocycles. The van der Waals surface area contributed by atoms with Gasteiger partial charge < -0.3 is 20.3 Å². The number of ether oxygens (including phenoxy) is 1. The molecule has 4 aromatic rings. The maximum absolute atomic E-state index is 11.8. The number of benzene rings is 1. The van der Waals surface area contributed by atoms with Gasteiger partial charge in [0.2, 0.25) is 5.95 Å². The van der Waals surface area contributed by atoms with E-state index in [0.717, 1.165) is 18.4 Å². The summed E-state index contributed by atoms with van der Waals surface area (Å²) in [6.45, 7) is 2.29. The molecular formula is C24H26BrN7O5. The topological polar surface area (TPSA) is 164 Å². The minimum atomic E-state index is -1.03. The van der Waals surface area contributed by atoms with Gasteiger partial charge in [-0.15, -0.1) is 0 Å². The molecule has 1 aromatic carbocycles. The number of aromatic carboxylic acids is 1. The van der Waals surface area contributed by atoms with E-state index in [1.165, 1.54) is 7.11 Å². The Bertz CT molecular complexity index is 1450. The number of pyridine rings is 1. The van der Waals surface area contributed by atoms with Crippen LogP contribution in [0.3, 0.4) is 0 Å². The van der Waals surface area contributed by atoms with Crippen LogP contribution in [0.4, 0.5) is 16.6 Å². The van der Waals surface area contributed by atoms with E-state index < -0.39 is 12.1 Å². The van der Waals surface area contributed by atoms with Crippen LogP contribution in [0.2, 0.25) is 0 Å². The van der Waals surface area contributed by atoms with Crippen molar-refractivity contribution in [2.24, 2.45) is 0 Å². The Morgan fingerprint density at radius 3 is 2.70 bits per heavy atom. The Hall–Kier alpha value is -3.84. The van der Waals surface area contributed by atoms with E-state index in [0.29, 0.717) is 38.8 Å². The molecule has 4 N–H and O–H groups in total. The Morgan fingerprint density at radius 1 is 1.19 bits per heavy atom. The fourth-order valence-electron chi connectivity index (χ4n) is 4.15. The minimum Gasteiger partial charge on any atom is -0.478 e. The second-order valence-electron chi connectivity index (χ2n) is 8.28. The zero-order valence-corrected chi connectivity index (χ0v) is 21.8. The first-order valence-corrected chi connectivity index (χ1v) is 12.4. The predicted molar refractivity (Wildman–Crippen MR) is 141 cm³/mol. The zero-order valence-electron chi connectivity index (χ0n) is 20.2. The van der Waals surface area contributed by atoms with E-state index >= 15 is 0 Å². The van der Waals surface area contributed by atoms with Gasteiger partial charge in [-0.3, -0.25) is 15.0 Å². The fraction of sp³-hybridized carbons (Fsp3) is 0.333. The number of nitrogens with zero attached hydrogens (tertiary/aromatic N) is 5. The molecule has 1 amide bonds. The lowest BCUT2D eigenvalue weighted by Gasteiger charge is -2.19. The first kappa shape index (κ1) is 26.2. The van der Waals surface area contributed by atoms with Crippen LogP contribution in [-0.2, 0) is 11.3 Å². The molecule has 0 aliphatic rings. The number of aliphatic hydroxyl groups excluding tert-OH is 1. The first-order valence-electron chi connectivity index (χ1n) is 11.6. The SMILES string of the molecule is CCC[C@@H](CCO)Nc1nc(NC(=O)OC)nc2c(Br)nn(Cc3ccc(C(=O)O)c4cccnc34)c12. The lowest BCUT2D eigenvalue weighted by Crippen LogP contribution is -2.23. The lowest BCUT2D eigenvalue weighted by atomic mass is 10.0. The molecule has 0 saturated heterocycles. The third kappa shape index (κ3) is 5.62. The highest BCUT2D eigenvalue weighted by atomic mass is 79.9. The fourth-order valence-corrected chi connectivity index (χ4v) is 4.62. The summed E-state index contributed by atoms with van der Waals surface area (Å²) in [5, 5.41) is 30.1. The molecule has 12 nitrogen and oxygen atoms in total. The number of halogens is 1. The van der Waals surface area contributed by atoms with Gasteiger partial charge in [-0.05, 0) is 46.5 Å². The number of aliphatic hydroxyl groups is 1. The number of methoxy groups -OCH3 is 1. The summed E-state index contributed by atoms with van der Waals surface area (Å²) in [6, 6.07) is 6.59. The Kier molecular flexibility index (Phi) is 8.14. The summed E-state index contributed by atoms with van der Waals surface area (Å²) >= 11 is 3.46. The molecule has 0 saturated carbocycles. The average Bonchev–Trinajstić information content (AvgIpc) is 3.19. The number of carbonyl (C=O) groups is 2. The molecule has 0 spiro atoms. The van der Waals surface area contributed by atoms with Gasteiger partial charge in [0.15, 0.2) is 10.4 Å². The van der Waals surface area contributed by atoms with Crippen molar-refractivity contribution >= 4 is 61.7 Å². The molecule has 0 fully saturated rings. The molecule has 37 heavy (non-hydrogen) atoms. The summed E-state index contributed by atoms with van der Waals surface area (Å²) in [5.41, 5.74) is 2.47. The number of carboxylic acid groups (broad SMARTS) is 1. The Balaban J connectivity index is 1.85. The van der Waals surface area contributed by atoms with Crippen molar-refractivity contribution < 1.29 is 24.5 Å². The standard InChI is InChI=1S/C24H26BrN7O5/c1-3-5-14(9-11-33)27-21-19-18(28-23(29-21)30-24(36)37-2)20(25)31-32(19)12-13-7-8-16(22(34)35)15-6-4-10-26-17(13)15/h4,6-8,10,14,33H,3,5,9,11-12H2,1-2H3,(H,34,35)(H2,27,28,29,30,36)/t14-/m0/s1. The van der Waals surface area contributed by atoms with Crippen LogP contribution >= 0.6 is 15.9 Å². The number of hydrogen-bond donors (Lipinski definition) is 4. The molecule has 0 bridgehead atoms. The number of amides is 1. The molecular weight excluding hydrogens is 546 g/mol. The number of fused-ring (bicyclic) bond motifs is 2. The molecule has 0 radical (unpaired) electrons. The summed E-state index contributed by atoms with van der Waals surface area (Å²) in [6.07, 6.45) is 3.06. The van der Waals surface area contributed by atoms with E-state index in [9.17, 15) is 19.8 Å². The van der Waals surface area contributed by atoms with Gasteiger partial charge in [-0.2, -0.15) is 10.1 Å². The molecule has 194 valence electrons. The smallest absolute Gasteiger partial charge is 0.413 e. The van der Waals surface area contributed by atoms with Gasteiger partial charge in [-0.25, -0.2) is 14.6 Å². The number of anilines is 2. The minimum absolute atomic E-state index is 0.00426. The van der Waals surface area contributed by atoms with Gasteiger partial charge >= 0.3 is 12.1 Å². The molecule has 0 unspecified atom stereocenters. The van der Waals surface area contributed by atoms with Gasteiger partial charge in [-0.1, -0.05) is 25.5 Å². The maximum Gasteiger partial charge on any atom is 0.413 e. The van der Waals surface area contributed by atoms with Gasteiger partial charge in [0.25, 0.3) is 0 Å². The summed E-state index contributed by atoms with van der Waals surface area (Å²) in [4.78, 5) is 36.9. The molecule has 13 heteroatoms. The van der Waals surface area contributed by atoms with E-state index in [2.05, 4.69) is 51.4 Å². The van der Waals surface area contributed by atoms with E-state index in [1.807, 2.05) is 6.92 Å². The molecule has 0 aliphatic carbocycles. The largest absolute Gasteiger partial charge is 0.478 e. The molecule has 4 rings (SSSR count). The molecule has 1 atom stereocenters. The van der Waals surface area contributed by atoms with E-state index in [1.54, 1.807) is 35.1 Å². The quantitative estimate of drug-likeness (QED) is 0.218. The summed E-state index contributed by atoms with van der Waals surface area (Å²) in [5.74, 6) is -0.589. The summed E-state index contributed by atoms with van der Waals surface area (Å²) < 4.78 is 6.80. The predicted octanol–water partition coefficient (Wildman–Crippen LogP) is 4.02. The number of hydrogen-bond acceptors (Lipinski definition) is 9. The van der Waals surface area contributed by atoms with Crippen LogP contribution in [0, 0.1) is 0 Å². The number of aromatic nitrogens is 5. The Morgan fingerprint density at radius 2 is 2.00 bits per heavy atom. The van der Waals surface area contributed by atoms with Crippen molar-refractivity contribution in [3.63, 3.8) is 0 Å². The number of carboxylic acids is 1. The van der Waals surface area contributed by atoms with E-state index in [4.69, 9.17) is 0 Å². The van der Waals surface area contributed by atoms with Crippen molar-refractivity contribution in [1.29, 1.82) is 0 Å². The molecule has 0 aliphatic heterocycles. The van der Waals surface area contributed by atoms with Crippen LogP contribution in [-0.4, -0.2) is 66.8 Å². The second kappa shape index (κ2) is 11.5. The van der Waals surface area contributed by atoms with Crippen LogP contribution in [0.5, 0.6) is 0 Å². The highest BCUT2D eigenvalue weighted by Crippen LogP contribution is 2.31. The monoisotopic (exact) mass is 571 g/mol. The van der Waals surface area contributed by atoms with Crippen LogP contribution < -0.4 is 10.6 Å². The maximum atomic E-state index is 11.8. The summed E-state index contributed by atoms with van der Waals surface area (Å²) in [7, 11) is 1.24. The zero-order chi connectivity index (χ0) is 26.5. The van der Waals surface area contributed by atoms with Crippen molar-refractivity contribution in [2.75, 3.05) is 24.4 Å². The van der Waals surface area contributed by atoms with Crippen molar-refractivity contribution in [1.82, 2.24) is 24.7 Å². The van der Waals surface area contributed by atoms with Crippen molar-refractivity contribution in [3.8, 4) is 0 Å². The van der Waals surface area contributed by atoms with Crippen LogP contribution in [0.15, 0.2) is 35.1 Å². The highest BCUT2D eigenvalue weighted by molar-refractivity contribution is 9.10.